The van der Waals surface area contributed by atoms with E-state index in [4.69, 9.17) is 9.47 Å². The number of ether oxygens (including phenoxy) is 2. The first-order valence-corrected chi connectivity index (χ1v) is 12.4. The van der Waals surface area contributed by atoms with Crippen molar-refractivity contribution in [2.75, 3.05) is 12.1 Å². The second-order valence-electron chi connectivity index (χ2n) is 8.73. The summed E-state index contributed by atoms with van der Waals surface area (Å²) in [5.74, 6) is 0.660. The van der Waals surface area contributed by atoms with E-state index in [2.05, 4.69) is 27.8 Å². The predicted molar refractivity (Wildman–Crippen MR) is 131 cm³/mol. The maximum Gasteiger partial charge on any atom is 0.257 e. The number of rotatable bonds is 7. The van der Waals surface area contributed by atoms with Crippen molar-refractivity contribution in [1.29, 1.82) is 0 Å². The van der Waals surface area contributed by atoms with Crippen LogP contribution in [-0.4, -0.2) is 29.6 Å². The van der Waals surface area contributed by atoms with Gasteiger partial charge < -0.3 is 14.8 Å². The third kappa shape index (κ3) is 4.92. The molecule has 8 heteroatoms. The monoisotopic (exact) mass is 477 g/mol. The molecule has 0 bridgehead atoms. The van der Waals surface area contributed by atoms with E-state index in [1.807, 2.05) is 25.1 Å². The quantitative estimate of drug-likeness (QED) is 0.516. The largest absolute Gasteiger partial charge is 0.454 e. The molecule has 176 valence electrons. The summed E-state index contributed by atoms with van der Waals surface area (Å²) in [7, 11) is 0. The molecule has 0 radical (unpaired) electrons. The number of hydrogen-bond acceptors (Lipinski definition) is 6. The summed E-state index contributed by atoms with van der Waals surface area (Å²) in [5, 5.41) is 6.58. The SMILES string of the molecule is C[C@H](CCc1ccccc1)NC(=O)[C@@H]1CCCc2sc(NC(=O)c3ccc4c(c3)OCO4)nc21. The number of hydrogen-bond donors (Lipinski definition) is 2. The van der Waals surface area contributed by atoms with Crippen molar-refractivity contribution in [1.82, 2.24) is 10.3 Å². The topological polar surface area (TPSA) is 89.6 Å². The fourth-order valence-electron chi connectivity index (χ4n) is 4.38. The average molecular weight is 478 g/mol. The number of anilines is 1. The standard InChI is InChI=1S/C26H27N3O4S/c1-16(10-11-17-6-3-2-4-7-17)27-25(31)19-8-5-9-22-23(19)28-26(34-22)29-24(30)18-12-13-20-21(14-18)33-15-32-20/h2-4,6-7,12-14,16,19H,5,8-11,15H2,1H3,(H,27,31)(H,28,29,30)/t16-,19-/m1/s1. The summed E-state index contributed by atoms with van der Waals surface area (Å²) in [6.45, 7) is 2.20. The van der Waals surface area contributed by atoms with Crippen LogP contribution in [0.4, 0.5) is 5.13 Å². The van der Waals surface area contributed by atoms with E-state index in [1.165, 1.54) is 16.9 Å². The lowest BCUT2D eigenvalue weighted by atomic mass is 9.90. The Kier molecular flexibility index (Phi) is 6.49. The van der Waals surface area contributed by atoms with Crippen LogP contribution < -0.4 is 20.1 Å². The molecule has 2 atom stereocenters. The molecule has 0 fully saturated rings. The van der Waals surface area contributed by atoms with Gasteiger partial charge in [-0.2, -0.15) is 0 Å². The Morgan fingerprint density at radius 1 is 1.15 bits per heavy atom. The lowest BCUT2D eigenvalue weighted by molar-refractivity contribution is -0.123. The summed E-state index contributed by atoms with van der Waals surface area (Å²) >= 11 is 1.45. The molecule has 0 saturated carbocycles. The summed E-state index contributed by atoms with van der Waals surface area (Å²) in [6, 6.07) is 15.5. The van der Waals surface area contributed by atoms with Crippen LogP contribution in [0.15, 0.2) is 48.5 Å². The first kappa shape index (κ1) is 22.4. The second kappa shape index (κ2) is 9.85. The minimum absolute atomic E-state index is 0.0143. The number of carbonyl (C=O) groups is 2. The van der Waals surface area contributed by atoms with Crippen molar-refractivity contribution < 1.29 is 19.1 Å². The molecular weight excluding hydrogens is 450 g/mol. The van der Waals surface area contributed by atoms with E-state index in [0.29, 0.717) is 22.2 Å². The number of amides is 2. The van der Waals surface area contributed by atoms with Gasteiger partial charge >= 0.3 is 0 Å². The van der Waals surface area contributed by atoms with Gasteiger partial charge in [-0.3, -0.25) is 14.9 Å². The van der Waals surface area contributed by atoms with Crippen molar-refractivity contribution in [2.24, 2.45) is 0 Å². The minimum atomic E-state index is -0.282. The zero-order valence-corrected chi connectivity index (χ0v) is 19.8. The van der Waals surface area contributed by atoms with E-state index in [-0.39, 0.29) is 30.6 Å². The fourth-order valence-corrected chi connectivity index (χ4v) is 5.44. The molecule has 3 aromatic rings. The Balaban J connectivity index is 1.22. The fraction of sp³-hybridized carbons (Fsp3) is 0.346. The van der Waals surface area contributed by atoms with Gasteiger partial charge in [0.25, 0.3) is 5.91 Å². The van der Waals surface area contributed by atoms with Gasteiger partial charge in [-0.1, -0.05) is 30.3 Å². The molecule has 2 heterocycles. The molecule has 2 aliphatic rings. The molecule has 0 unspecified atom stereocenters. The van der Waals surface area contributed by atoms with Gasteiger partial charge in [0.15, 0.2) is 16.6 Å². The van der Waals surface area contributed by atoms with Gasteiger partial charge in [-0.05, 0) is 62.8 Å². The molecular formula is C26H27N3O4S. The zero-order valence-electron chi connectivity index (χ0n) is 19.0. The van der Waals surface area contributed by atoms with Gasteiger partial charge in [0, 0.05) is 16.5 Å². The van der Waals surface area contributed by atoms with Crippen LogP contribution in [-0.2, 0) is 17.6 Å². The van der Waals surface area contributed by atoms with Crippen molar-refractivity contribution in [2.45, 2.75) is 51.0 Å². The summed E-state index contributed by atoms with van der Waals surface area (Å²) in [4.78, 5) is 31.6. The van der Waals surface area contributed by atoms with Gasteiger partial charge in [0.1, 0.15) is 0 Å². The molecule has 2 aromatic carbocycles. The molecule has 5 rings (SSSR count). The Bertz CT molecular complexity index is 1190. The van der Waals surface area contributed by atoms with E-state index in [0.717, 1.165) is 42.7 Å². The van der Waals surface area contributed by atoms with Gasteiger partial charge in [-0.25, -0.2) is 4.98 Å². The number of nitrogens with zero attached hydrogens (tertiary/aromatic N) is 1. The highest BCUT2D eigenvalue weighted by atomic mass is 32.1. The number of aryl methyl sites for hydroxylation is 2. The molecule has 2 N–H and O–H groups in total. The summed E-state index contributed by atoms with van der Waals surface area (Å²) in [6.07, 6.45) is 4.37. The normalized spacial score (nSPS) is 17.0. The number of nitrogens with one attached hydrogen (secondary N) is 2. The number of carbonyl (C=O) groups excluding carboxylic acids is 2. The van der Waals surface area contributed by atoms with Crippen LogP contribution in [0.2, 0.25) is 0 Å². The molecule has 1 aliphatic heterocycles. The van der Waals surface area contributed by atoms with Crippen LogP contribution in [0.3, 0.4) is 0 Å². The van der Waals surface area contributed by atoms with Crippen LogP contribution in [0.1, 0.15) is 58.6 Å². The van der Waals surface area contributed by atoms with E-state index in [9.17, 15) is 9.59 Å². The maximum atomic E-state index is 13.1. The second-order valence-corrected chi connectivity index (χ2v) is 9.81. The first-order valence-electron chi connectivity index (χ1n) is 11.6. The van der Waals surface area contributed by atoms with Crippen LogP contribution in [0.5, 0.6) is 11.5 Å². The number of benzene rings is 2. The van der Waals surface area contributed by atoms with Crippen LogP contribution >= 0.6 is 11.3 Å². The van der Waals surface area contributed by atoms with Gasteiger partial charge in [0.05, 0.1) is 11.6 Å². The third-order valence-electron chi connectivity index (χ3n) is 6.22. The van der Waals surface area contributed by atoms with Crippen molar-refractivity contribution in [3.05, 3.63) is 70.2 Å². The predicted octanol–water partition coefficient (Wildman–Crippen LogP) is 4.68. The highest BCUT2D eigenvalue weighted by Crippen LogP contribution is 2.37. The smallest absolute Gasteiger partial charge is 0.257 e. The molecule has 0 spiro atoms. The molecule has 1 aliphatic carbocycles. The van der Waals surface area contributed by atoms with Crippen molar-refractivity contribution >= 4 is 28.3 Å². The van der Waals surface area contributed by atoms with Crippen LogP contribution in [0, 0.1) is 0 Å². The molecule has 1 aromatic heterocycles. The lowest BCUT2D eigenvalue weighted by Crippen LogP contribution is -2.37. The molecule has 0 saturated heterocycles. The highest BCUT2D eigenvalue weighted by molar-refractivity contribution is 7.16. The lowest BCUT2D eigenvalue weighted by Gasteiger charge is -2.23. The third-order valence-corrected chi connectivity index (χ3v) is 7.27. The molecule has 34 heavy (non-hydrogen) atoms. The Labute approximate surface area is 202 Å². The number of aromatic nitrogens is 1. The first-order chi connectivity index (χ1) is 16.6. The van der Waals surface area contributed by atoms with E-state index < -0.39 is 0 Å². The molecule has 2 amide bonds. The number of fused-ring (bicyclic) bond motifs is 2. The van der Waals surface area contributed by atoms with Gasteiger partial charge in [-0.15, -0.1) is 11.3 Å². The van der Waals surface area contributed by atoms with Crippen molar-refractivity contribution in [3.63, 3.8) is 0 Å². The Hall–Kier alpha value is -3.39. The summed E-state index contributed by atoms with van der Waals surface area (Å²) < 4.78 is 10.7. The van der Waals surface area contributed by atoms with Crippen molar-refractivity contribution in [3.8, 4) is 11.5 Å². The number of thiazole rings is 1. The molecule has 7 nitrogen and oxygen atoms in total. The highest BCUT2D eigenvalue weighted by Gasteiger charge is 2.31. The van der Waals surface area contributed by atoms with Gasteiger partial charge in [0.2, 0.25) is 12.7 Å². The van der Waals surface area contributed by atoms with Crippen LogP contribution in [0.25, 0.3) is 0 Å². The summed E-state index contributed by atoms with van der Waals surface area (Å²) in [5.41, 5.74) is 2.54. The zero-order chi connectivity index (χ0) is 23.5. The van der Waals surface area contributed by atoms with E-state index in [1.54, 1.807) is 18.2 Å². The van der Waals surface area contributed by atoms with E-state index >= 15 is 0 Å². The maximum absolute atomic E-state index is 13.1. The Morgan fingerprint density at radius 2 is 1.97 bits per heavy atom. The Morgan fingerprint density at radius 3 is 2.82 bits per heavy atom. The average Bonchev–Trinajstić information content (AvgIpc) is 3.49. The minimum Gasteiger partial charge on any atom is -0.454 e.